The van der Waals surface area contributed by atoms with Crippen molar-refractivity contribution >= 4 is 17.2 Å². The molecule has 122 valence electrons. The lowest BCUT2D eigenvalue weighted by molar-refractivity contribution is 0.0727. The van der Waals surface area contributed by atoms with Crippen LogP contribution in [0.3, 0.4) is 0 Å². The zero-order valence-electron chi connectivity index (χ0n) is 13.4. The smallest absolute Gasteiger partial charge is 0.273 e. The van der Waals surface area contributed by atoms with Gasteiger partial charge in [-0.1, -0.05) is 30.3 Å². The number of hydrogen-bond donors (Lipinski definition) is 1. The molecule has 3 rings (SSSR count). The van der Waals surface area contributed by atoms with E-state index in [2.05, 4.69) is 36.2 Å². The van der Waals surface area contributed by atoms with Gasteiger partial charge in [0.1, 0.15) is 5.69 Å². The van der Waals surface area contributed by atoms with Crippen LogP contribution in [0.5, 0.6) is 0 Å². The first-order valence-corrected chi connectivity index (χ1v) is 9.06. The number of thiazole rings is 1. The molecule has 1 aromatic heterocycles. The van der Waals surface area contributed by atoms with Crippen molar-refractivity contribution in [1.29, 1.82) is 0 Å². The highest BCUT2D eigenvalue weighted by Gasteiger charge is 2.34. The fourth-order valence-electron chi connectivity index (χ4n) is 3.27. The monoisotopic (exact) mass is 329 g/mol. The molecule has 4 nitrogen and oxygen atoms in total. The highest BCUT2D eigenvalue weighted by Crippen LogP contribution is 2.29. The highest BCUT2D eigenvalue weighted by molar-refractivity contribution is 7.09. The van der Waals surface area contributed by atoms with Gasteiger partial charge in [0, 0.05) is 24.4 Å². The number of carbonyl (C=O) groups excluding carboxylic acids is 1. The number of aromatic nitrogens is 1. The van der Waals surface area contributed by atoms with E-state index in [-0.39, 0.29) is 11.9 Å². The van der Waals surface area contributed by atoms with Gasteiger partial charge in [-0.3, -0.25) is 4.79 Å². The summed E-state index contributed by atoms with van der Waals surface area (Å²) in [5, 5.41) is 2.81. The number of rotatable bonds is 5. The van der Waals surface area contributed by atoms with E-state index in [9.17, 15) is 4.79 Å². The summed E-state index contributed by atoms with van der Waals surface area (Å²) in [6.45, 7) is 3.55. The van der Waals surface area contributed by atoms with Gasteiger partial charge in [-0.15, -0.1) is 11.3 Å². The standard InChI is InChI=1S/C18H23N3OS/c1-13-15(11-14-5-3-2-4-6-14)8-10-21(13)18(22)16-12-23-17(20-16)7-9-19/h2-6,12-13,15H,7-11,19H2,1H3. The van der Waals surface area contributed by atoms with Gasteiger partial charge < -0.3 is 10.6 Å². The Bertz CT molecular complexity index is 655. The van der Waals surface area contributed by atoms with E-state index in [0.717, 1.165) is 30.8 Å². The van der Waals surface area contributed by atoms with Crippen LogP contribution in [0.4, 0.5) is 0 Å². The first-order valence-electron chi connectivity index (χ1n) is 8.18. The summed E-state index contributed by atoms with van der Waals surface area (Å²) >= 11 is 1.53. The lowest BCUT2D eigenvalue weighted by atomic mass is 9.93. The van der Waals surface area contributed by atoms with Crippen LogP contribution in [0, 0.1) is 5.92 Å². The zero-order valence-corrected chi connectivity index (χ0v) is 14.3. The third kappa shape index (κ3) is 3.62. The van der Waals surface area contributed by atoms with Crippen molar-refractivity contribution in [3.8, 4) is 0 Å². The molecule has 5 heteroatoms. The molecule has 0 radical (unpaired) electrons. The molecule has 1 aromatic carbocycles. The summed E-state index contributed by atoms with van der Waals surface area (Å²) in [5.41, 5.74) is 7.47. The molecular formula is C18H23N3OS. The molecule has 2 aromatic rings. The minimum absolute atomic E-state index is 0.0626. The third-order valence-electron chi connectivity index (χ3n) is 4.65. The van der Waals surface area contributed by atoms with Crippen molar-refractivity contribution in [1.82, 2.24) is 9.88 Å². The van der Waals surface area contributed by atoms with E-state index in [1.54, 1.807) is 0 Å². The van der Waals surface area contributed by atoms with Crippen LogP contribution in [0.2, 0.25) is 0 Å². The Kier molecular flexibility index (Phi) is 5.08. The largest absolute Gasteiger partial charge is 0.334 e. The molecule has 1 amide bonds. The van der Waals surface area contributed by atoms with Crippen LogP contribution in [0.1, 0.15) is 34.4 Å². The molecule has 2 atom stereocenters. The number of amides is 1. The first kappa shape index (κ1) is 16.1. The molecule has 1 aliphatic rings. The quantitative estimate of drug-likeness (QED) is 0.917. The van der Waals surface area contributed by atoms with Gasteiger partial charge in [0.05, 0.1) is 5.01 Å². The van der Waals surface area contributed by atoms with Crippen molar-refractivity contribution in [2.45, 2.75) is 32.2 Å². The van der Waals surface area contributed by atoms with Crippen molar-refractivity contribution in [3.05, 3.63) is 52.0 Å². The Labute approximate surface area is 141 Å². The van der Waals surface area contributed by atoms with E-state index < -0.39 is 0 Å². The Balaban J connectivity index is 1.65. The third-order valence-corrected chi connectivity index (χ3v) is 5.55. The van der Waals surface area contributed by atoms with E-state index >= 15 is 0 Å². The maximum atomic E-state index is 12.7. The van der Waals surface area contributed by atoms with Gasteiger partial charge in [0.25, 0.3) is 5.91 Å². The second-order valence-electron chi connectivity index (χ2n) is 6.14. The van der Waals surface area contributed by atoms with Crippen LogP contribution in [-0.2, 0) is 12.8 Å². The number of likely N-dealkylation sites (tertiary alicyclic amines) is 1. The molecule has 0 bridgehead atoms. The van der Waals surface area contributed by atoms with E-state index in [1.807, 2.05) is 16.3 Å². The van der Waals surface area contributed by atoms with Gasteiger partial charge >= 0.3 is 0 Å². The number of nitrogens with two attached hydrogens (primary N) is 1. The van der Waals surface area contributed by atoms with E-state index in [1.165, 1.54) is 16.9 Å². The van der Waals surface area contributed by atoms with Gasteiger partial charge in [-0.2, -0.15) is 0 Å². The summed E-state index contributed by atoms with van der Waals surface area (Å²) in [5.74, 6) is 0.580. The number of carbonyl (C=O) groups is 1. The highest BCUT2D eigenvalue weighted by atomic mass is 32.1. The normalized spacial score (nSPS) is 20.9. The molecule has 2 heterocycles. The fourth-order valence-corrected chi connectivity index (χ4v) is 4.06. The molecule has 1 fully saturated rings. The number of hydrogen-bond acceptors (Lipinski definition) is 4. The molecule has 0 aliphatic carbocycles. The fraction of sp³-hybridized carbons (Fsp3) is 0.444. The van der Waals surface area contributed by atoms with Crippen LogP contribution in [0.25, 0.3) is 0 Å². The van der Waals surface area contributed by atoms with Crippen LogP contribution in [0.15, 0.2) is 35.7 Å². The summed E-state index contributed by atoms with van der Waals surface area (Å²) in [4.78, 5) is 19.1. The zero-order chi connectivity index (χ0) is 16.2. The average Bonchev–Trinajstić information content (AvgIpc) is 3.16. The maximum Gasteiger partial charge on any atom is 0.273 e. The Hall–Kier alpha value is -1.72. The Morgan fingerprint density at radius 1 is 1.39 bits per heavy atom. The molecule has 23 heavy (non-hydrogen) atoms. The number of benzene rings is 1. The summed E-state index contributed by atoms with van der Waals surface area (Å²) in [6.07, 6.45) is 2.83. The second-order valence-corrected chi connectivity index (χ2v) is 7.09. The summed E-state index contributed by atoms with van der Waals surface area (Å²) < 4.78 is 0. The van der Waals surface area contributed by atoms with Gasteiger partial charge in [-0.25, -0.2) is 4.98 Å². The molecular weight excluding hydrogens is 306 g/mol. The molecule has 1 saturated heterocycles. The minimum Gasteiger partial charge on any atom is -0.334 e. The summed E-state index contributed by atoms with van der Waals surface area (Å²) in [6, 6.07) is 10.8. The molecule has 0 saturated carbocycles. The lowest BCUT2D eigenvalue weighted by Gasteiger charge is -2.24. The molecule has 0 spiro atoms. The Morgan fingerprint density at radius 3 is 2.91 bits per heavy atom. The lowest BCUT2D eigenvalue weighted by Crippen LogP contribution is -2.36. The predicted octanol–water partition coefficient (Wildman–Crippen LogP) is 2.74. The second kappa shape index (κ2) is 7.23. The van der Waals surface area contributed by atoms with E-state index in [0.29, 0.717) is 18.2 Å². The average molecular weight is 329 g/mol. The topological polar surface area (TPSA) is 59.2 Å². The van der Waals surface area contributed by atoms with Crippen molar-refractivity contribution in [2.24, 2.45) is 11.7 Å². The summed E-state index contributed by atoms with van der Waals surface area (Å²) in [7, 11) is 0. The van der Waals surface area contributed by atoms with Gasteiger partial charge in [0.15, 0.2) is 0 Å². The van der Waals surface area contributed by atoms with Crippen molar-refractivity contribution < 1.29 is 4.79 Å². The van der Waals surface area contributed by atoms with Gasteiger partial charge in [-0.05, 0) is 37.8 Å². The first-order chi connectivity index (χ1) is 11.2. The minimum atomic E-state index is 0.0626. The molecule has 2 unspecified atom stereocenters. The maximum absolute atomic E-state index is 12.7. The molecule has 2 N–H and O–H groups in total. The van der Waals surface area contributed by atoms with Crippen molar-refractivity contribution in [2.75, 3.05) is 13.1 Å². The SMILES string of the molecule is CC1C(Cc2ccccc2)CCN1C(=O)c1csc(CCN)n1. The Morgan fingerprint density at radius 2 is 2.17 bits per heavy atom. The van der Waals surface area contributed by atoms with Crippen LogP contribution < -0.4 is 5.73 Å². The van der Waals surface area contributed by atoms with Crippen LogP contribution >= 0.6 is 11.3 Å². The van der Waals surface area contributed by atoms with Gasteiger partial charge in [0.2, 0.25) is 0 Å². The number of nitrogens with zero attached hydrogens (tertiary/aromatic N) is 2. The van der Waals surface area contributed by atoms with Crippen molar-refractivity contribution in [3.63, 3.8) is 0 Å². The predicted molar refractivity (Wildman–Crippen MR) is 93.6 cm³/mol. The van der Waals surface area contributed by atoms with Crippen LogP contribution in [-0.4, -0.2) is 34.9 Å². The molecule has 1 aliphatic heterocycles. The van der Waals surface area contributed by atoms with E-state index in [4.69, 9.17) is 5.73 Å².